The highest BCUT2D eigenvalue weighted by molar-refractivity contribution is 7.18. The molecule has 0 unspecified atom stereocenters. The summed E-state index contributed by atoms with van der Waals surface area (Å²) in [5.74, 6) is 0. The van der Waals surface area contributed by atoms with Crippen molar-refractivity contribution in [3.63, 3.8) is 0 Å². The summed E-state index contributed by atoms with van der Waals surface area (Å²) in [5, 5.41) is 0. The maximum Gasteiger partial charge on any atom is 0.169 e. The Kier molecular flexibility index (Phi) is 10.3. The Morgan fingerprint density at radius 2 is 1.16 bits per heavy atom. The quantitative estimate of drug-likeness (QED) is 0.177. The van der Waals surface area contributed by atoms with Crippen LogP contribution in [0.25, 0.3) is 20.9 Å². The van der Waals surface area contributed by atoms with Crippen LogP contribution in [0.2, 0.25) is 0 Å². The number of hydrogen-bond donors (Lipinski definition) is 0. The topological polar surface area (TPSA) is 7.12 Å². The van der Waals surface area contributed by atoms with Crippen LogP contribution in [0.1, 0.15) is 71.1 Å². The van der Waals surface area contributed by atoms with Gasteiger partial charge in [0.25, 0.3) is 0 Å². The molecule has 172 valence electrons. The maximum absolute atomic E-state index is 2.40. The lowest BCUT2D eigenvalue weighted by molar-refractivity contribution is -0.671. The summed E-state index contributed by atoms with van der Waals surface area (Å²) in [6, 6.07) is 17.9. The molecule has 32 heavy (non-hydrogen) atoms. The molecule has 0 atom stereocenters. The molecule has 2 nitrogen and oxygen atoms in total. The van der Waals surface area contributed by atoms with Gasteiger partial charge in [0.2, 0.25) is 0 Å². The number of pyridine rings is 1. The van der Waals surface area contributed by atoms with E-state index in [2.05, 4.69) is 91.4 Å². The van der Waals surface area contributed by atoms with Crippen molar-refractivity contribution in [1.29, 1.82) is 0 Å². The van der Waals surface area contributed by atoms with E-state index in [-0.39, 0.29) is 0 Å². The van der Waals surface area contributed by atoms with Gasteiger partial charge >= 0.3 is 0 Å². The molecule has 3 rings (SSSR count). The van der Waals surface area contributed by atoms with E-state index >= 15 is 0 Å². The third kappa shape index (κ3) is 7.78. The first-order valence-corrected chi connectivity index (χ1v) is 13.4. The Hall–Kier alpha value is -2.13. The minimum absolute atomic E-state index is 1.14. The lowest BCUT2D eigenvalue weighted by Gasteiger charge is -2.19. The van der Waals surface area contributed by atoms with Crippen LogP contribution in [-0.4, -0.2) is 13.6 Å². The predicted molar refractivity (Wildman–Crippen MR) is 141 cm³/mol. The number of thiophene rings is 1. The van der Waals surface area contributed by atoms with E-state index < -0.39 is 0 Å². The van der Waals surface area contributed by atoms with Gasteiger partial charge in [0.05, 0.1) is 0 Å². The Bertz CT molecular complexity index is 896. The number of nitrogens with zero attached hydrogens (tertiary/aromatic N) is 2. The Labute approximate surface area is 199 Å². The monoisotopic (exact) mass is 449 g/mol. The summed E-state index contributed by atoms with van der Waals surface area (Å²) in [4.78, 5) is 5.05. The summed E-state index contributed by atoms with van der Waals surface area (Å²) in [6.45, 7) is 3.43. The van der Waals surface area contributed by atoms with E-state index in [1.807, 2.05) is 11.3 Å². The van der Waals surface area contributed by atoms with Crippen molar-refractivity contribution < 1.29 is 4.57 Å². The molecule has 0 N–H and O–H groups in total. The lowest BCUT2D eigenvalue weighted by atomic mass is 10.1. The molecule has 0 aliphatic rings. The van der Waals surface area contributed by atoms with Crippen molar-refractivity contribution >= 4 is 17.0 Å². The zero-order valence-electron chi connectivity index (χ0n) is 20.4. The predicted octanol–water partition coefficient (Wildman–Crippen LogP) is 8.26. The molecule has 2 heterocycles. The first kappa shape index (κ1) is 24.5. The maximum atomic E-state index is 2.40. The number of hydrogen-bond acceptors (Lipinski definition) is 2. The normalized spacial score (nSPS) is 11.1. The third-order valence-corrected chi connectivity index (χ3v) is 7.49. The zero-order valence-corrected chi connectivity index (χ0v) is 21.2. The highest BCUT2D eigenvalue weighted by atomic mass is 32.1. The van der Waals surface area contributed by atoms with Crippen molar-refractivity contribution in [2.24, 2.45) is 7.05 Å². The minimum atomic E-state index is 1.14. The van der Waals surface area contributed by atoms with Gasteiger partial charge < -0.3 is 4.90 Å². The SMILES string of the molecule is CCCCCCCCCCCCN(C)c1ccc(-c2ccc(-c3cc[n+](C)cc3)s2)cc1. The first-order chi connectivity index (χ1) is 15.7. The second-order valence-corrected chi connectivity index (χ2v) is 10.2. The van der Waals surface area contributed by atoms with Gasteiger partial charge in [0, 0.05) is 46.7 Å². The van der Waals surface area contributed by atoms with Crippen LogP contribution < -0.4 is 9.47 Å². The standard InChI is InChI=1S/C29H41N2S/c1-4-5-6-7-8-9-10-11-12-13-22-31(3)27-16-14-25(15-17-27)28-18-19-29(32-28)26-20-23-30(2)24-21-26/h14-21,23-24H,4-13,22H2,1-3H3/q+1. The molecule has 1 aromatic carbocycles. The second kappa shape index (κ2) is 13.4. The molecular weight excluding hydrogens is 408 g/mol. The molecule has 0 bridgehead atoms. The van der Waals surface area contributed by atoms with E-state index in [9.17, 15) is 0 Å². The van der Waals surface area contributed by atoms with Gasteiger partial charge in [0.15, 0.2) is 12.4 Å². The van der Waals surface area contributed by atoms with E-state index in [4.69, 9.17) is 0 Å². The fraction of sp³-hybridized carbons (Fsp3) is 0.483. The number of aromatic nitrogens is 1. The van der Waals surface area contributed by atoms with E-state index in [0.717, 1.165) is 6.54 Å². The largest absolute Gasteiger partial charge is 0.375 e. The van der Waals surface area contributed by atoms with Crippen LogP contribution >= 0.6 is 11.3 Å². The molecule has 0 saturated carbocycles. The summed E-state index contributed by atoms with van der Waals surface area (Å²) in [5.41, 5.74) is 3.91. The minimum Gasteiger partial charge on any atom is -0.375 e. The molecule has 0 radical (unpaired) electrons. The van der Waals surface area contributed by atoms with E-state index in [1.165, 1.54) is 90.8 Å². The Morgan fingerprint density at radius 3 is 1.72 bits per heavy atom. The van der Waals surface area contributed by atoms with Crippen molar-refractivity contribution in [3.05, 3.63) is 60.9 Å². The van der Waals surface area contributed by atoms with E-state index in [0.29, 0.717) is 0 Å². The first-order valence-electron chi connectivity index (χ1n) is 12.5. The number of anilines is 1. The van der Waals surface area contributed by atoms with Crippen LogP contribution in [0.5, 0.6) is 0 Å². The van der Waals surface area contributed by atoms with Crippen molar-refractivity contribution in [3.8, 4) is 20.9 Å². The van der Waals surface area contributed by atoms with Crippen LogP contribution in [0.3, 0.4) is 0 Å². The lowest BCUT2D eigenvalue weighted by Crippen LogP contribution is -2.25. The van der Waals surface area contributed by atoms with Crippen LogP contribution in [-0.2, 0) is 7.05 Å². The Morgan fingerprint density at radius 1 is 0.656 bits per heavy atom. The smallest absolute Gasteiger partial charge is 0.169 e. The Balaban J connectivity index is 1.39. The average Bonchev–Trinajstić information content (AvgIpc) is 3.31. The van der Waals surface area contributed by atoms with Gasteiger partial charge in [-0.3, -0.25) is 0 Å². The molecule has 0 aliphatic carbocycles. The molecule has 3 heteroatoms. The molecule has 0 spiro atoms. The van der Waals surface area contributed by atoms with Crippen LogP contribution in [0, 0.1) is 0 Å². The highest BCUT2D eigenvalue weighted by Gasteiger charge is 2.07. The average molecular weight is 450 g/mol. The summed E-state index contributed by atoms with van der Waals surface area (Å²) in [7, 11) is 4.28. The number of rotatable bonds is 14. The fourth-order valence-electron chi connectivity index (χ4n) is 4.16. The number of aryl methyl sites for hydroxylation is 1. The molecular formula is C29H41N2S+. The van der Waals surface area contributed by atoms with Crippen LogP contribution in [0.4, 0.5) is 5.69 Å². The van der Waals surface area contributed by atoms with Crippen LogP contribution in [0.15, 0.2) is 60.9 Å². The highest BCUT2D eigenvalue weighted by Crippen LogP contribution is 2.34. The second-order valence-electron chi connectivity index (χ2n) is 9.07. The van der Waals surface area contributed by atoms with Crippen molar-refractivity contribution in [2.45, 2.75) is 71.1 Å². The molecule has 0 saturated heterocycles. The summed E-state index contributed by atoms with van der Waals surface area (Å²) >= 11 is 1.86. The van der Waals surface area contributed by atoms with Gasteiger partial charge in [-0.25, -0.2) is 4.57 Å². The number of unbranched alkanes of at least 4 members (excludes halogenated alkanes) is 9. The zero-order chi connectivity index (χ0) is 22.6. The van der Waals surface area contributed by atoms with Gasteiger partial charge in [-0.2, -0.15) is 0 Å². The van der Waals surface area contributed by atoms with Crippen molar-refractivity contribution in [1.82, 2.24) is 0 Å². The molecule has 0 amide bonds. The van der Waals surface area contributed by atoms with Gasteiger partial charge in [-0.1, -0.05) is 76.8 Å². The summed E-state index contributed by atoms with van der Waals surface area (Å²) < 4.78 is 2.07. The molecule has 0 fully saturated rings. The fourth-order valence-corrected chi connectivity index (χ4v) is 5.18. The third-order valence-electron chi connectivity index (χ3n) is 6.31. The molecule has 0 aliphatic heterocycles. The number of benzene rings is 1. The van der Waals surface area contributed by atoms with E-state index in [1.54, 1.807) is 0 Å². The van der Waals surface area contributed by atoms with Gasteiger partial charge in [-0.15, -0.1) is 11.3 Å². The van der Waals surface area contributed by atoms with Gasteiger partial charge in [0.1, 0.15) is 7.05 Å². The molecule has 3 aromatic rings. The summed E-state index contributed by atoms with van der Waals surface area (Å²) in [6.07, 6.45) is 18.1. The van der Waals surface area contributed by atoms with Gasteiger partial charge in [-0.05, 0) is 36.2 Å². The van der Waals surface area contributed by atoms with Crippen molar-refractivity contribution in [2.75, 3.05) is 18.5 Å². The molecule has 2 aromatic heterocycles.